The fourth-order valence-electron chi connectivity index (χ4n) is 3.49. The van der Waals surface area contributed by atoms with E-state index in [1.807, 2.05) is 0 Å². The van der Waals surface area contributed by atoms with E-state index in [0.29, 0.717) is 12.0 Å². The number of piperidine rings is 1. The maximum absolute atomic E-state index is 12.4. The number of amides is 1. The molecule has 3 N–H and O–H groups in total. The normalized spacial score (nSPS) is 38.4. The second-order valence-corrected chi connectivity index (χ2v) is 6.21. The molecule has 104 valence electrons. The molecule has 1 saturated heterocycles. The van der Waals surface area contributed by atoms with Crippen LogP contribution in [0.4, 0.5) is 0 Å². The fourth-order valence-corrected chi connectivity index (χ4v) is 3.49. The molecular formula is C14H27N3O. The molecule has 4 unspecified atom stereocenters. The quantitative estimate of drug-likeness (QED) is 0.770. The van der Waals surface area contributed by atoms with Gasteiger partial charge in [0, 0.05) is 18.6 Å². The molecule has 4 heteroatoms. The Balaban J connectivity index is 1.89. The van der Waals surface area contributed by atoms with E-state index < -0.39 is 0 Å². The van der Waals surface area contributed by atoms with E-state index in [0.717, 1.165) is 38.8 Å². The van der Waals surface area contributed by atoms with Crippen LogP contribution in [0.1, 0.15) is 39.0 Å². The van der Waals surface area contributed by atoms with Crippen molar-refractivity contribution >= 4 is 5.91 Å². The molecule has 4 nitrogen and oxygen atoms in total. The Morgan fingerprint density at radius 3 is 2.72 bits per heavy atom. The average molecular weight is 253 g/mol. The summed E-state index contributed by atoms with van der Waals surface area (Å²) in [5, 5.41) is 3.22. The number of nitrogens with two attached hydrogens (primary N) is 1. The van der Waals surface area contributed by atoms with Gasteiger partial charge in [0.1, 0.15) is 0 Å². The number of likely N-dealkylation sites (tertiary alicyclic amines) is 1. The van der Waals surface area contributed by atoms with Gasteiger partial charge in [-0.3, -0.25) is 4.79 Å². The summed E-state index contributed by atoms with van der Waals surface area (Å²) in [6.45, 7) is 4.28. The van der Waals surface area contributed by atoms with Gasteiger partial charge in [0.25, 0.3) is 0 Å². The maximum atomic E-state index is 12.4. The smallest absolute Gasteiger partial charge is 0.225 e. The van der Waals surface area contributed by atoms with Crippen LogP contribution < -0.4 is 11.1 Å². The van der Waals surface area contributed by atoms with Gasteiger partial charge in [-0.05, 0) is 45.2 Å². The minimum absolute atomic E-state index is 0.0194. The second kappa shape index (κ2) is 6.02. The Kier molecular flexibility index (Phi) is 4.62. The molecule has 2 rings (SSSR count). The average Bonchev–Trinajstić information content (AvgIpc) is 2.28. The number of carbonyl (C=O) groups excluding carboxylic acids is 1. The summed E-state index contributed by atoms with van der Waals surface area (Å²) in [7, 11) is 2.12. The largest absolute Gasteiger partial charge is 0.352 e. The molecule has 2 fully saturated rings. The van der Waals surface area contributed by atoms with E-state index in [9.17, 15) is 4.79 Å². The number of likely N-dealkylation sites (N-methyl/N-ethyl adjacent to an activating group) is 1. The van der Waals surface area contributed by atoms with Gasteiger partial charge >= 0.3 is 0 Å². The number of carbonyl (C=O) groups is 1. The van der Waals surface area contributed by atoms with Gasteiger partial charge in [0.15, 0.2) is 0 Å². The van der Waals surface area contributed by atoms with Crippen molar-refractivity contribution in [3.05, 3.63) is 0 Å². The molecule has 1 amide bonds. The molecule has 0 bridgehead atoms. The summed E-state index contributed by atoms with van der Waals surface area (Å²) in [5.74, 6) is 0.635. The van der Waals surface area contributed by atoms with E-state index >= 15 is 0 Å². The topological polar surface area (TPSA) is 58.4 Å². The molecule has 2 aliphatic rings. The Morgan fingerprint density at radius 2 is 2.06 bits per heavy atom. The summed E-state index contributed by atoms with van der Waals surface area (Å²) >= 11 is 0. The van der Waals surface area contributed by atoms with Crippen LogP contribution >= 0.6 is 0 Å². The number of hydrogen-bond acceptors (Lipinski definition) is 3. The van der Waals surface area contributed by atoms with E-state index in [-0.39, 0.29) is 17.9 Å². The molecule has 1 saturated carbocycles. The second-order valence-electron chi connectivity index (χ2n) is 6.21. The lowest BCUT2D eigenvalue weighted by Crippen LogP contribution is -2.53. The lowest BCUT2D eigenvalue weighted by Gasteiger charge is -2.36. The molecule has 0 radical (unpaired) electrons. The minimum atomic E-state index is 0.0194. The number of nitrogens with one attached hydrogen (secondary N) is 1. The van der Waals surface area contributed by atoms with Crippen LogP contribution in [0.3, 0.4) is 0 Å². The molecule has 0 aromatic carbocycles. The maximum Gasteiger partial charge on any atom is 0.225 e. The van der Waals surface area contributed by atoms with Gasteiger partial charge in [-0.15, -0.1) is 0 Å². The van der Waals surface area contributed by atoms with Gasteiger partial charge in [-0.2, -0.15) is 0 Å². The molecule has 18 heavy (non-hydrogen) atoms. The summed E-state index contributed by atoms with van der Waals surface area (Å²) in [5.41, 5.74) is 6.13. The summed E-state index contributed by atoms with van der Waals surface area (Å²) in [4.78, 5) is 14.7. The lowest BCUT2D eigenvalue weighted by molar-refractivity contribution is -0.129. The van der Waals surface area contributed by atoms with Crippen LogP contribution in [0, 0.1) is 11.8 Å². The third kappa shape index (κ3) is 3.23. The zero-order valence-electron chi connectivity index (χ0n) is 11.7. The predicted octanol–water partition coefficient (Wildman–Crippen LogP) is 0.960. The van der Waals surface area contributed by atoms with Gasteiger partial charge in [0.05, 0.1) is 5.92 Å². The third-order valence-electron chi connectivity index (χ3n) is 4.54. The molecule has 1 aliphatic heterocycles. The first-order valence-corrected chi connectivity index (χ1v) is 7.32. The molecule has 4 atom stereocenters. The van der Waals surface area contributed by atoms with E-state index in [1.54, 1.807) is 0 Å². The molecule has 0 aromatic rings. The van der Waals surface area contributed by atoms with Crippen molar-refractivity contribution in [2.24, 2.45) is 17.6 Å². The highest BCUT2D eigenvalue weighted by Gasteiger charge is 2.35. The van der Waals surface area contributed by atoms with Crippen molar-refractivity contribution in [1.82, 2.24) is 10.2 Å². The Labute approximate surface area is 110 Å². The van der Waals surface area contributed by atoms with Crippen LogP contribution in [-0.4, -0.2) is 43.0 Å². The summed E-state index contributed by atoms with van der Waals surface area (Å²) < 4.78 is 0. The first-order chi connectivity index (χ1) is 8.58. The van der Waals surface area contributed by atoms with Gasteiger partial charge in [0.2, 0.25) is 5.91 Å². The van der Waals surface area contributed by atoms with Gasteiger partial charge < -0.3 is 16.0 Å². The lowest BCUT2D eigenvalue weighted by atomic mass is 9.76. The molecule has 0 spiro atoms. The summed E-state index contributed by atoms with van der Waals surface area (Å²) in [6.07, 6.45) is 5.57. The van der Waals surface area contributed by atoms with Crippen molar-refractivity contribution in [3.8, 4) is 0 Å². The van der Waals surface area contributed by atoms with Crippen LogP contribution in [-0.2, 0) is 4.79 Å². The Hall–Kier alpha value is -0.610. The van der Waals surface area contributed by atoms with Crippen molar-refractivity contribution in [1.29, 1.82) is 0 Å². The number of nitrogens with zero attached hydrogens (tertiary/aromatic N) is 1. The number of hydrogen-bond donors (Lipinski definition) is 2. The SMILES string of the molecule is CC1CCCC(N)C1C(=O)NC1CCCN(C)C1. The highest BCUT2D eigenvalue weighted by molar-refractivity contribution is 5.80. The zero-order valence-corrected chi connectivity index (χ0v) is 11.7. The zero-order chi connectivity index (χ0) is 13.1. The van der Waals surface area contributed by atoms with Gasteiger partial charge in [-0.1, -0.05) is 13.3 Å². The van der Waals surface area contributed by atoms with Crippen molar-refractivity contribution < 1.29 is 4.79 Å². The van der Waals surface area contributed by atoms with Crippen molar-refractivity contribution in [3.63, 3.8) is 0 Å². The molecule has 0 aromatic heterocycles. The molecule has 1 aliphatic carbocycles. The molecular weight excluding hydrogens is 226 g/mol. The fraction of sp³-hybridized carbons (Fsp3) is 0.929. The van der Waals surface area contributed by atoms with Crippen molar-refractivity contribution in [2.45, 2.75) is 51.1 Å². The highest BCUT2D eigenvalue weighted by Crippen LogP contribution is 2.29. The highest BCUT2D eigenvalue weighted by atomic mass is 16.2. The monoisotopic (exact) mass is 253 g/mol. The first-order valence-electron chi connectivity index (χ1n) is 7.32. The van der Waals surface area contributed by atoms with Gasteiger partial charge in [-0.25, -0.2) is 0 Å². The Morgan fingerprint density at radius 1 is 1.28 bits per heavy atom. The minimum Gasteiger partial charge on any atom is -0.352 e. The van der Waals surface area contributed by atoms with E-state index in [4.69, 9.17) is 5.73 Å². The van der Waals surface area contributed by atoms with Crippen LogP contribution in [0.2, 0.25) is 0 Å². The Bertz CT molecular complexity index is 285. The molecule has 1 heterocycles. The standard InChI is InChI=1S/C14H27N3O/c1-10-5-3-7-12(15)13(10)14(18)16-11-6-4-8-17(2)9-11/h10-13H,3-9,15H2,1-2H3,(H,16,18). The van der Waals surface area contributed by atoms with Crippen LogP contribution in [0.5, 0.6) is 0 Å². The predicted molar refractivity (Wildman–Crippen MR) is 73.1 cm³/mol. The first kappa shape index (κ1) is 13.8. The number of rotatable bonds is 2. The van der Waals surface area contributed by atoms with Crippen LogP contribution in [0.25, 0.3) is 0 Å². The van der Waals surface area contributed by atoms with E-state index in [1.165, 1.54) is 6.42 Å². The third-order valence-corrected chi connectivity index (χ3v) is 4.54. The summed E-state index contributed by atoms with van der Waals surface area (Å²) in [6, 6.07) is 0.368. The van der Waals surface area contributed by atoms with Crippen molar-refractivity contribution in [2.75, 3.05) is 20.1 Å². The van der Waals surface area contributed by atoms with E-state index in [2.05, 4.69) is 24.2 Å². The van der Waals surface area contributed by atoms with Crippen LogP contribution in [0.15, 0.2) is 0 Å².